The summed E-state index contributed by atoms with van der Waals surface area (Å²) >= 11 is 0. The van der Waals surface area contributed by atoms with Gasteiger partial charge in [-0.25, -0.2) is 13.6 Å². The van der Waals surface area contributed by atoms with E-state index in [2.05, 4.69) is 17.9 Å². The molecule has 0 aromatic heterocycles. The van der Waals surface area contributed by atoms with Crippen LogP contribution in [0.15, 0.2) is 66.7 Å². The number of aliphatic hydroxyl groups excluding tert-OH is 1. The van der Waals surface area contributed by atoms with Gasteiger partial charge in [0.15, 0.2) is 0 Å². The van der Waals surface area contributed by atoms with Gasteiger partial charge in [-0.3, -0.25) is 9.69 Å². The summed E-state index contributed by atoms with van der Waals surface area (Å²) in [7, 11) is 1.61. The largest absolute Gasteiger partial charge is 0.497 e. The number of hydrogen-bond acceptors (Lipinski definition) is 6. The second-order valence-electron chi connectivity index (χ2n) is 12.6. The van der Waals surface area contributed by atoms with Crippen molar-refractivity contribution in [2.45, 2.75) is 89.8 Å². The van der Waals surface area contributed by atoms with E-state index in [0.717, 1.165) is 47.8 Å². The molecule has 0 spiro atoms. The first kappa shape index (κ1) is 33.5. The Balaban J connectivity index is 1.41. The fourth-order valence-electron chi connectivity index (χ4n) is 6.76. The predicted molar refractivity (Wildman–Crippen MR) is 171 cm³/mol. The van der Waals surface area contributed by atoms with Crippen LogP contribution in [-0.2, 0) is 40.3 Å². The minimum atomic E-state index is -1.21. The Kier molecular flexibility index (Phi) is 11.1. The molecule has 9 heteroatoms. The van der Waals surface area contributed by atoms with Crippen molar-refractivity contribution in [3.63, 3.8) is 0 Å². The number of halogens is 2. The number of nitrogens with zero attached hydrogens (tertiary/aromatic N) is 2. The minimum Gasteiger partial charge on any atom is -0.497 e. The maximum Gasteiger partial charge on any atom is 0.328 e. The predicted octanol–water partition coefficient (Wildman–Crippen LogP) is 5.84. The van der Waals surface area contributed by atoms with E-state index in [0.29, 0.717) is 32.5 Å². The molecule has 2 aliphatic rings. The fourth-order valence-corrected chi connectivity index (χ4v) is 6.76. The van der Waals surface area contributed by atoms with Crippen molar-refractivity contribution in [2.24, 2.45) is 5.92 Å². The first-order valence-electron chi connectivity index (χ1n) is 16.2. The number of carbonyl (C=O) groups is 2. The van der Waals surface area contributed by atoms with Crippen molar-refractivity contribution in [3.05, 3.63) is 101 Å². The molecule has 1 unspecified atom stereocenters. The third-order valence-corrected chi connectivity index (χ3v) is 9.40. The normalized spacial score (nSPS) is 20.2. The van der Waals surface area contributed by atoms with Crippen LogP contribution in [0.5, 0.6) is 5.75 Å². The summed E-state index contributed by atoms with van der Waals surface area (Å²) in [6.45, 7) is 5.24. The summed E-state index contributed by atoms with van der Waals surface area (Å²) < 4.78 is 39.8. The third kappa shape index (κ3) is 7.93. The van der Waals surface area contributed by atoms with Gasteiger partial charge >= 0.3 is 5.97 Å². The highest BCUT2D eigenvalue weighted by Crippen LogP contribution is 2.31. The van der Waals surface area contributed by atoms with E-state index < -0.39 is 41.9 Å². The number of benzene rings is 3. The monoisotopic (exact) mass is 634 g/mol. The van der Waals surface area contributed by atoms with Crippen molar-refractivity contribution < 1.29 is 33.0 Å². The lowest BCUT2D eigenvalue weighted by Gasteiger charge is -2.42. The first-order valence-corrected chi connectivity index (χ1v) is 16.2. The van der Waals surface area contributed by atoms with Crippen LogP contribution in [0.4, 0.5) is 8.78 Å². The molecule has 1 saturated heterocycles. The number of aliphatic hydroxyl groups is 1. The van der Waals surface area contributed by atoms with Crippen LogP contribution in [0, 0.1) is 17.6 Å². The van der Waals surface area contributed by atoms with E-state index in [1.807, 2.05) is 42.5 Å². The summed E-state index contributed by atoms with van der Waals surface area (Å²) in [5.74, 6) is -1.59. The summed E-state index contributed by atoms with van der Waals surface area (Å²) in [6.07, 6.45) is 1.45. The zero-order chi connectivity index (χ0) is 32.8. The number of fused-ring (bicyclic) bond motifs is 1. The number of esters is 1. The quantitative estimate of drug-likeness (QED) is 0.238. The third-order valence-electron chi connectivity index (χ3n) is 9.40. The van der Waals surface area contributed by atoms with Crippen LogP contribution in [0.2, 0.25) is 0 Å². The number of rotatable bonds is 13. The van der Waals surface area contributed by atoms with E-state index in [4.69, 9.17) is 9.47 Å². The topological polar surface area (TPSA) is 79.3 Å². The van der Waals surface area contributed by atoms with E-state index >= 15 is 0 Å². The average molecular weight is 635 g/mol. The second-order valence-corrected chi connectivity index (χ2v) is 12.6. The molecule has 0 radical (unpaired) electrons. The zero-order valence-corrected chi connectivity index (χ0v) is 26.8. The van der Waals surface area contributed by atoms with Gasteiger partial charge in [0.05, 0.1) is 7.11 Å². The maximum absolute atomic E-state index is 14.2. The number of likely N-dealkylation sites (tertiary alicyclic amines) is 1. The molecule has 1 amide bonds. The van der Waals surface area contributed by atoms with E-state index in [1.54, 1.807) is 18.9 Å². The molecular formula is C37H44F2N2O5. The first-order chi connectivity index (χ1) is 22.2. The highest BCUT2D eigenvalue weighted by atomic mass is 19.1. The van der Waals surface area contributed by atoms with Crippen molar-refractivity contribution in [1.29, 1.82) is 0 Å². The molecule has 1 N–H and O–H groups in total. The molecule has 5 atom stereocenters. The highest BCUT2D eigenvalue weighted by Gasteiger charge is 2.41. The standard InChI is InChI=1S/C37H44F2N2O5/c1-4-5-8-27-15-16-41(36(27)43)24(2)37(44)46-34(19-26-17-30(38)21-31(39)18-26)35(42)33-20-28-9-6-7-10-29(28)23-40(33)22-25-11-13-32(45-3)14-12-25/h6-7,9-14,17-18,21,24,27,33-35,42H,4-5,8,15-16,19-20,22-23H2,1-3H3/t24?,27-,33+,34-,35-/m0/s1. The van der Waals surface area contributed by atoms with Crippen LogP contribution in [0.1, 0.15) is 61.8 Å². The Bertz CT molecular complexity index is 1480. The Morgan fingerprint density at radius 1 is 1.02 bits per heavy atom. The van der Waals surface area contributed by atoms with Crippen LogP contribution >= 0.6 is 0 Å². The van der Waals surface area contributed by atoms with Gasteiger partial charge in [0.25, 0.3) is 0 Å². The molecule has 46 heavy (non-hydrogen) atoms. The number of amides is 1. The Morgan fingerprint density at radius 3 is 2.39 bits per heavy atom. The second kappa shape index (κ2) is 15.2. The molecule has 0 aliphatic carbocycles. The van der Waals surface area contributed by atoms with Gasteiger partial charge in [-0.1, -0.05) is 56.2 Å². The van der Waals surface area contributed by atoms with E-state index in [1.165, 1.54) is 12.1 Å². The van der Waals surface area contributed by atoms with Crippen LogP contribution in [0.25, 0.3) is 0 Å². The van der Waals surface area contributed by atoms with Crippen LogP contribution in [-0.4, -0.2) is 64.7 Å². The Morgan fingerprint density at radius 2 is 1.72 bits per heavy atom. The summed E-state index contributed by atoms with van der Waals surface area (Å²) in [6, 6.07) is 17.6. The van der Waals surface area contributed by atoms with Crippen molar-refractivity contribution in [3.8, 4) is 5.75 Å². The number of hydrogen-bond donors (Lipinski definition) is 1. The van der Waals surface area contributed by atoms with Gasteiger partial charge in [0.1, 0.15) is 35.6 Å². The molecule has 7 nitrogen and oxygen atoms in total. The van der Waals surface area contributed by atoms with Gasteiger partial charge in [-0.2, -0.15) is 0 Å². The summed E-state index contributed by atoms with van der Waals surface area (Å²) in [4.78, 5) is 30.5. The Labute approximate surface area is 270 Å². The van der Waals surface area contributed by atoms with Crippen LogP contribution in [0.3, 0.4) is 0 Å². The summed E-state index contributed by atoms with van der Waals surface area (Å²) in [5, 5.41) is 12.1. The molecule has 1 fully saturated rings. The molecule has 0 saturated carbocycles. The number of carbonyl (C=O) groups excluding carboxylic acids is 2. The molecule has 0 bridgehead atoms. The molecule has 2 heterocycles. The Hall–Kier alpha value is -3.82. The van der Waals surface area contributed by atoms with Gasteiger partial charge in [0, 0.05) is 44.1 Å². The van der Waals surface area contributed by atoms with Gasteiger partial charge in [-0.05, 0) is 72.7 Å². The van der Waals surface area contributed by atoms with Gasteiger partial charge in [-0.15, -0.1) is 0 Å². The fraction of sp³-hybridized carbons (Fsp3) is 0.459. The van der Waals surface area contributed by atoms with Crippen LogP contribution < -0.4 is 4.74 Å². The molecule has 246 valence electrons. The molecular weight excluding hydrogens is 590 g/mol. The SMILES string of the molecule is CCCC[C@H]1CCN(C(C)C(=O)O[C@@H](Cc2cc(F)cc(F)c2)[C@@H](O)[C@H]2Cc3ccccc3CN2Cc2ccc(OC)cc2)C1=O. The van der Waals surface area contributed by atoms with Gasteiger partial charge < -0.3 is 19.5 Å². The van der Waals surface area contributed by atoms with Crippen molar-refractivity contribution in [2.75, 3.05) is 13.7 Å². The van der Waals surface area contributed by atoms with Crippen molar-refractivity contribution in [1.82, 2.24) is 9.80 Å². The molecule has 3 aromatic carbocycles. The minimum absolute atomic E-state index is 0.0586. The number of ether oxygens (including phenoxy) is 2. The number of methoxy groups -OCH3 is 1. The molecule has 5 rings (SSSR count). The lowest BCUT2D eigenvalue weighted by molar-refractivity contribution is -0.166. The zero-order valence-electron chi connectivity index (χ0n) is 26.8. The van der Waals surface area contributed by atoms with Gasteiger partial charge in [0.2, 0.25) is 5.91 Å². The number of unbranched alkanes of at least 4 members (excludes halogenated alkanes) is 1. The average Bonchev–Trinajstić information content (AvgIpc) is 3.41. The maximum atomic E-state index is 14.2. The summed E-state index contributed by atoms with van der Waals surface area (Å²) in [5.41, 5.74) is 3.49. The smallest absolute Gasteiger partial charge is 0.328 e. The lowest BCUT2D eigenvalue weighted by Crippen LogP contribution is -2.54. The van der Waals surface area contributed by atoms with E-state index in [9.17, 15) is 23.5 Å². The molecule has 3 aromatic rings. The van der Waals surface area contributed by atoms with Crippen molar-refractivity contribution >= 4 is 11.9 Å². The van der Waals surface area contributed by atoms with E-state index in [-0.39, 0.29) is 23.8 Å². The lowest BCUT2D eigenvalue weighted by atomic mass is 9.87. The molecule has 2 aliphatic heterocycles. The highest BCUT2D eigenvalue weighted by molar-refractivity contribution is 5.87.